The van der Waals surface area contributed by atoms with Crippen LogP contribution < -0.4 is 17.0 Å². The lowest BCUT2D eigenvalue weighted by atomic mass is 10.3. The molecule has 0 unspecified atom stereocenters. The Labute approximate surface area is 72.6 Å². The number of anilines is 1. The molecule has 5 nitrogen and oxygen atoms in total. The van der Waals surface area contributed by atoms with Crippen LogP contribution in [0.2, 0.25) is 0 Å². The number of aromatic amines is 2. The molecular weight excluding hydrogens is 182 g/mol. The maximum atomic E-state index is 10.9. The lowest BCUT2D eigenvalue weighted by Crippen LogP contribution is -2.27. The van der Waals surface area contributed by atoms with Gasteiger partial charge < -0.3 is 10.7 Å². The number of hydrogen-bond acceptors (Lipinski definition) is 3. The van der Waals surface area contributed by atoms with E-state index in [1.54, 1.807) is 0 Å². The molecule has 1 heterocycles. The molecular formula is C6H8ClN3O2. The van der Waals surface area contributed by atoms with Gasteiger partial charge in [-0.15, -0.1) is 11.6 Å². The highest BCUT2D eigenvalue weighted by Gasteiger charge is 2.03. The molecule has 4 N–H and O–H groups in total. The molecule has 0 saturated carbocycles. The predicted molar refractivity (Wildman–Crippen MR) is 46.5 cm³/mol. The molecule has 0 radical (unpaired) electrons. The quantitative estimate of drug-likeness (QED) is 0.544. The molecule has 1 aromatic rings. The average molecular weight is 190 g/mol. The van der Waals surface area contributed by atoms with Gasteiger partial charge in [-0.25, -0.2) is 4.79 Å². The van der Waals surface area contributed by atoms with Gasteiger partial charge >= 0.3 is 5.69 Å². The molecule has 0 aromatic carbocycles. The summed E-state index contributed by atoms with van der Waals surface area (Å²) in [7, 11) is 0. The van der Waals surface area contributed by atoms with Gasteiger partial charge in [-0.05, 0) is 0 Å². The molecule has 0 amide bonds. The van der Waals surface area contributed by atoms with Crippen LogP contribution in [-0.2, 0) is 6.42 Å². The van der Waals surface area contributed by atoms with Crippen molar-refractivity contribution in [1.29, 1.82) is 0 Å². The van der Waals surface area contributed by atoms with Gasteiger partial charge in [-0.1, -0.05) is 0 Å². The van der Waals surface area contributed by atoms with Crippen LogP contribution >= 0.6 is 11.6 Å². The molecule has 1 aromatic heterocycles. The molecule has 0 aliphatic heterocycles. The second kappa shape index (κ2) is 3.44. The molecule has 0 saturated heterocycles. The lowest BCUT2D eigenvalue weighted by molar-refractivity contribution is 0.946. The van der Waals surface area contributed by atoms with Crippen molar-refractivity contribution in [3.8, 4) is 0 Å². The first-order valence-electron chi connectivity index (χ1n) is 3.32. The third kappa shape index (κ3) is 1.68. The van der Waals surface area contributed by atoms with Crippen LogP contribution in [-0.4, -0.2) is 15.8 Å². The summed E-state index contributed by atoms with van der Waals surface area (Å²) in [5.41, 5.74) is 4.64. The van der Waals surface area contributed by atoms with Crippen molar-refractivity contribution in [2.24, 2.45) is 0 Å². The van der Waals surface area contributed by atoms with Crippen LogP contribution in [0.15, 0.2) is 9.59 Å². The standard InChI is InChI=1S/C6H8ClN3O2/c7-2-1-3-4(8)5(11)10-6(12)9-3/h1-2,8H2,(H2,9,10,11,12). The largest absolute Gasteiger partial charge is 0.393 e. The Morgan fingerprint density at radius 1 is 1.33 bits per heavy atom. The number of alkyl halides is 1. The van der Waals surface area contributed by atoms with Crippen molar-refractivity contribution in [3.63, 3.8) is 0 Å². The topological polar surface area (TPSA) is 91.7 Å². The minimum absolute atomic E-state index is 0.0234. The van der Waals surface area contributed by atoms with Gasteiger partial charge in [0, 0.05) is 18.0 Å². The van der Waals surface area contributed by atoms with Gasteiger partial charge in [0.15, 0.2) is 0 Å². The monoisotopic (exact) mass is 189 g/mol. The summed E-state index contributed by atoms with van der Waals surface area (Å²) >= 11 is 5.42. The zero-order valence-corrected chi connectivity index (χ0v) is 6.94. The number of aryl methyl sites for hydroxylation is 1. The van der Waals surface area contributed by atoms with Crippen molar-refractivity contribution in [1.82, 2.24) is 9.97 Å². The number of rotatable bonds is 2. The Morgan fingerprint density at radius 3 is 2.58 bits per heavy atom. The van der Waals surface area contributed by atoms with Crippen LogP contribution in [0.1, 0.15) is 5.69 Å². The SMILES string of the molecule is Nc1c(CCCl)[nH]c(=O)[nH]c1=O. The summed E-state index contributed by atoms with van der Waals surface area (Å²) in [6.45, 7) is 0. The molecule has 0 spiro atoms. The lowest BCUT2D eigenvalue weighted by Gasteiger charge is -1.99. The van der Waals surface area contributed by atoms with E-state index in [4.69, 9.17) is 17.3 Å². The van der Waals surface area contributed by atoms with Crippen LogP contribution in [0.25, 0.3) is 0 Å². The summed E-state index contributed by atoms with van der Waals surface area (Å²) in [6.07, 6.45) is 0.381. The molecule has 6 heteroatoms. The Morgan fingerprint density at radius 2 is 2.00 bits per heavy atom. The molecule has 66 valence electrons. The minimum Gasteiger partial charge on any atom is -0.393 e. The normalized spacial score (nSPS) is 10.1. The number of nitrogens with one attached hydrogen (secondary N) is 2. The number of halogens is 1. The van der Waals surface area contributed by atoms with Crippen molar-refractivity contribution >= 4 is 17.3 Å². The molecule has 0 aliphatic rings. The Kier molecular flexibility index (Phi) is 2.54. The highest BCUT2D eigenvalue weighted by atomic mass is 35.5. The third-order valence-electron chi connectivity index (χ3n) is 1.41. The van der Waals surface area contributed by atoms with Crippen molar-refractivity contribution in [2.45, 2.75) is 6.42 Å². The van der Waals surface area contributed by atoms with E-state index in [0.717, 1.165) is 0 Å². The van der Waals surface area contributed by atoms with E-state index in [2.05, 4.69) is 4.98 Å². The number of aromatic nitrogens is 2. The van der Waals surface area contributed by atoms with E-state index in [0.29, 0.717) is 18.0 Å². The Bertz CT molecular complexity index is 381. The first-order chi connectivity index (χ1) is 5.65. The van der Waals surface area contributed by atoms with Gasteiger partial charge in [0.2, 0.25) is 0 Å². The molecule has 0 bridgehead atoms. The van der Waals surface area contributed by atoms with Crippen LogP contribution in [0.4, 0.5) is 5.69 Å². The van der Waals surface area contributed by atoms with Crippen molar-refractivity contribution in [3.05, 3.63) is 26.5 Å². The predicted octanol–water partition coefficient (Wildman–Crippen LogP) is -0.573. The van der Waals surface area contributed by atoms with E-state index < -0.39 is 11.2 Å². The van der Waals surface area contributed by atoms with Gasteiger partial charge in [0.1, 0.15) is 5.69 Å². The first-order valence-corrected chi connectivity index (χ1v) is 3.85. The van der Waals surface area contributed by atoms with Gasteiger partial charge in [-0.3, -0.25) is 9.78 Å². The smallest absolute Gasteiger partial charge is 0.326 e. The highest BCUT2D eigenvalue weighted by molar-refractivity contribution is 6.18. The van der Waals surface area contributed by atoms with Crippen LogP contribution in [0.3, 0.4) is 0 Å². The zero-order valence-electron chi connectivity index (χ0n) is 6.19. The summed E-state index contributed by atoms with van der Waals surface area (Å²) in [5, 5.41) is 0. The summed E-state index contributed by atoms with van der Waals surface area (Å²) in [4.78, 5) is 26.0. The summed E-state index contributed by atoms with van der Waals surface area (Å²) in [5.74, 6) is 0.309. The molecule has 12 heavy (non-hydrogen) atoms. The highest BCUT2D eigenvalue weighted by Crippen LogP contribution is 1.99. The number of nitrogens with two attached hydrogens (primary N) is 1. The zero-order chi connectivity index (χ0) is 9.14. The fraction of sp³-hybridized carbons (Fsp3) is 0.333. The van der Waals surface area contributed by atoms with E-state index in [1.807, 2.05) is 4.98 Å². The number of hydrogen-bond donors (Lipinski definition) is 3. The molecule has 0 aliphatic carbocycles. The van der Waals surface area contributed by atoms with E-state index in [1.165, 1.54) is 0 Å². The first kappa shape index (κ1) is 8.86. The summed E-state index contributed by atoms with van der Waals surface area (Å²) in [6, 6.07) is 0. The molecule has 0 fully saturated rings. The minimum atomic E-state index is -0.570. The average Bonchev–Trinajstić information content (AvgIpc) is 2.00. The molecule has 1 rings (SSSR count). The maximum Gasteiger partial charge on any atom is 0.326 e. The van der Waals surface area contributed by atoms with E-state index >= 15 is 0 Å². The Balaban J connectivity index is 3.28. The van der Waals surface area contributed by atoms with E-state index in [9.17, 15) is 9.59 Å². The number of H-pyrrole nitrogens is 2. The van der Waals surface area contributed by atoms with Gasteiger partial charge in [0.25, 0.3) is 5.56 Å². The number of nitrogen functional groups attached to an aromatic ring is 1. The van der Waals surface area contributed by atoms with Gasteiger partial charge in [-0.2, -0.15) is 0 Å². The summed E-state index contributed by atoms with van der Waals surface area (Å²) < 4.78 is 0. The second-order valence-electron chi connectivity index (χ2n) is 2.24. The Hall–Kier alpha value is -1.23. The van der Waals surface area contributed by atoms with Crippen LogP contribution in [0.5, 0.6) is 0 Å². The fourth-order valence-electron chi connectivity index (χ4n) is 0.835. The fourth-order valence-corrected chi connectivity index (χ4v) is 1.02. The second-order valence-corrected chi connectivity index (χ2v) is 2.62. The van der Waals surface area contributed by atoms with E-state index in [-0.39, 0.29) is 5.69 Å². The van der Waals surface area contributed by atoms with Crippen LogP contribution in [0, 0.1) is 0 Å². The van der Waals surface area contributed by atoms with Gasteiger partial charge in [0.05, 0.1) is 0 Å². The van der Waals surface area contributed by atoms with Crippen molar-refractivity contribution in [2.75, 3.05) is 11.6 Å². The third-order valence-corrected chi connectivity index (χ3v) is 1.59. The molecule has 0 atom stereocenters. The van der Waals surface area contributed by atoms with Crippen molar-refractivity contribution < 1.29 is 0 Å². The maximum absolute atomic E-state index is 10.9.